The van der Waals surface area contributed by atoms with Crippen LogP contribution in [0.1, 0.15) is 16.7 Å². The number of ether oxygens (including phenoxy) is 2. The highest BCUT2D eigenvalue weighted by Gasteiger charge is 2.35. The fourth-order valence-corrected chi connectivity index (χ4v) is 4.32. The minimum atomic E-state index is -0.534. The molecule has 8 heteroatoms. The highest BCUT2D eigenvalue weighted by Crippen LogP contribution is 2.35. The molecule has 1 N–H and O–H groups in total. The van der Waals surface area contributed by atoms with Crippen LogP contribution in [0.5, 0.6) is 11.5 Å². The largest absolute Gasteiger partial charge is 0.493 e. The number of halogens is 2. The lowest BCUT2D eigenvalue weighted by atomic mass is 10.1. The van der Waals surface area contributed by atoms with Gasteiger partial charge in [-0.1, -0.05) is 47.5 Å². The Bertz CT molecular complexity index is 1260. The molecule has 0 unspecified atom stereocenters. The molecule has 168 valence electrons. The van der Waals surface area contributed by atoms with Crippen molar-refractivity contribution in [2.75, 3.05) is 12.0 Å². The molecule has 0 radical (unpaired) electrons. The molecule has 0 bridgehead atoms. The van der Waals surface area contributed by atoms with Crippen LogP contribution in [-0.4, -0.2) is 19.0 Å². The normalized spacial score (nSPS) is 14.5. The number of benzene rings is 3. The lowest BCUT2D eigenvalue weighted by Crippen LogP contribution is -2.30. The van der Waals surface area contributed by atoms with Gasteiger partial charge in [0.05, 0.1) is 16.4 Å². The van der Waals surface area contributed by atoms with Crippen LogP contribution in [-0.2, 0) is 11.4 Å². The number of nitrogens with zero attached hydrogens (tertiary/aromatic N) is 1. The number of aryl methyl sites for hydroxylation is 1. The van der Waals surface area contributed by atoms with Gasteiger partial charge in [0.25, 0.3) is 5.91 Å². The Hall–Kier alpha value is -3.04. The zero-order valence-corrected chi connectivity index (χ0v) is 20.8. The smallest absolute Gasteiger partial charge is 0.333 e. The maximum atomic E-state index is 12.9. The van der Waals surface area contributed by atoms with Gasteiger partial charge in [0.1, 0.15) is 12.3 Å². The summed E-state index contributed by atoms with van der Waals surface area (Å²) in [6.45, 7) is 2.44. The van der Waals surface area contributed by atoms with Gasteiger partial charge in [0.2, 0.25) is 0 Å². The Morgan fingerprint density at radius 1 is 1.09 bits per heavy atom. The number of nitrogens with one attached hydrogen (secondary N) is 1. The maximum Gasteiger partial charge on any atom is 0.333 e. The topological polar surface area (TPSA) is 67.9 Å². The molecule has 3 aromatic rings. The minimum Gasteiger partial charge on any atom is -0.493 e. The number of urea groups is 1. The first-order valence-corrected chi connectivity index (χ1v) is 11.5. The number of rotatable bonds is 6. The van der Waals surface area contributed by atoms with Crippen LogP contribution in [0.2, 0.25) is 5.02 Å². The molecular formula is C25H20ClIN2O4. The second-order valence-electron chi connectivity index (χ2n) is 7.42. The van der Waals surface area contributed by atoms with Crippen LogP contribution in [0.4, 0.5) is 10.5 Å². The predicted octanol–water partition coefficient (Wildman–Crippen LogP) is 5.94. The number of amides is 3. The highest BCUT2D eigenvalue weighted by atomic mass is 127. The van der Waals surface area contributed by atoms with Crippen LogP contribution in [0.25, 0.3) is 6.08 Å². The van der Waals surface area contributed by atoms with Crippen LogP contribution in [0.15, 0.2) is 66.4 Å². The monoisotopic (exact) mass is 574 g/mol. The summed E-state index contributed by atoms with van der Waals surface area (Å²) in [5, 5.41) is 3.06. The number of hydrogen-bond donors (Lipinski definition) is 1. The lowest BCUT2D eigenvalue weighted by Gasteiger charge is -2.14. The standard InChI is InChI=1S/C25H20ClIN2O4/c1-15-6-8-16(9-7-15)14-33-23-20(27)10-17(12-22(23)32-2)11-21-24(30)29(25(31)28-21)19-5-3-4-18(26)13-19/h3-13H,14H2,1-2H3,(H,28,31)/b21-11+. The van der Waals surface area contributed by atoms with Crippen molar-refractivity contribution in [3.63, 3.8) is 0 Å². The Kier molecular flexibility index (Phi) is 6.90. The first-order chi connectivity index (χ1) is 15.9. The first kappa shape index (κ1) is 23.1. The van der Waals surface area contributed by atoms with Gasteiger partial charge in [-0.15, -0.1) is 0 Å². The summed E-state index contributed by atoms with van der Waals surface area (Å²) in [4.78, 5) is 26.4. The van der Waals surface area contributed by atoms with Gasteiger partial charge < -0.3 is 14.8 Å². The molecule has 1 aliphatic heterocycles. The molecule has 33 heavy (non-hydrogen) atoms. The second kappa shape index (κ2) is 9.84. The van der Waals surface area contributed by atoms with Crippen molar-refractivity contribution in [3.8, 4) is 11.5 Å². The summed E-state index contributed by atoms with van der Waals surface area (Å²) in [6, 6.07) is 17.8. The molecule has 1 saturated heterocycles. The van der Waals surface area contributed by atoms with Gasteiger partial charge >= 0.3 is 6.03 Å². The van der Waals surface area contributed by atoms with E-state index in [1.165, 1.54) is 5.56 Å². The van der Waals surface area contributed by atoms with Gasteiger partial charge in [-0.2, -0.15) is 0 Å². The van der Waals surface area contributed by atoms with Gasteiger partial charge in [-0.25, -0.2) is 9.69 Å². The molecule has 1 fully saturated rings. The molecule has 0 aliphatic carbocycles. The number of imide groups is 1. The van der Waals surface area contributed by atoms with Crippen LogP contribution < -0.4 is 19.7 Å². The molecule has 0 atom stereocenters. The molecule has 6 nitrogen and oxygen atoms in total. The zero-order chi connectivity index (χ0) is 23.5. The molecular weight excluding hydrogens is 555 g/mol. The summed E-state index contributed by atoms with van der Waals surface area (Å²) >= 11 is 8.18. The average Bonchev–Trinajstić information content (AvgIpc) is 3.06. The fraction of sp³-hybridized carbons (Fsp3) is 0.120. The van der Waals surface area contributed by atoms with Crippen molar-refractivity contribution in [3.05, 3.63) is 91.6 Å². The van der Waals surface area contributed by atoms with Gasteiger partial charge in [0, 0.05) is 5.02 Å². The highest BCUT2D eigenvalue weighted by molar-refractivity contribution is 14.1. The predicted molar refractivity (Wildman–Crippen MR) is 137 cm³/mol. The SMILES string of the molecule is COc1cc(/C=C2/NC(=O)N(c3cccc(Cl)c3)C2=O)cc(I)c1OCc1ccc(C)cc1. The van der Waals surface area contributed by atoms with Crippen molar-refractivity contribution in [2.24, 2.45) is 0 Å². The summed E-state index contributed by atoms with van der Waals surface area (Å²) in [5.74, 6) is 0.684. The second-order valence-corrected chi connectivity index (χ2v) is 9.02. The molecule has 3 aromatic carbocycles. The molecule has 0 spiro atoms. The number of carbonyl (C=O) groups excluding carboxylic acids is 2. The number of anilines is 1. The van der Waals surface area contributed by atoms with Crippen molar-refractivity contribution in [2.45, 2.75) is 13.5 Å². The van der Waals surface area contributed by atoms with E-state index in [9.17, 15) is 9.59 Å². The Morgan fingerprint density at radius 2 is 1.85 bits per heavy atom. The van der Waals surface area contributed by atoms with Crippen molar-refractivity contribution in [1.29, 1.82) is 0 Å². The molecule has 1 aliphatic rings. The van der Waals surface area contributed by atoms with E-state index in [-0.39, 0.29) is 5.70 Å². The van der Waals surface area contributed by atoms with Crippen LogP contribution in [0.3, 0.4) is 0 Å². The number of methoxy groups -OCH3 is 1. The van der Waals surface area contributed by atoms with Crippen molar-refractivity contribution >= 4 is 57.9 Å². The average molecular weight is 575 g/mol. The van der Waals surface area contributed by atoms with E-state index in [0.29, 0.717) is 34.4 Å². The third-order valence-corrected chi connectivity index (χ3v) is 6.05. The van der Waals surface area contributed by atoms with E-state index >= 15 is 0 Å². The Balaban J connectivity index is 1.58. The van der Waals surface area contributed by atoms with Gasteiger partial charge in [-0.05, 0) is 77.0 Å². The van der Waals surface area contributed by atoms with Crippen LogP contribution in [0, 0.1) is 10.5 Å². The van der Waals surface area contributed by atoms with Gasteiger partial charge in [0.15, 0.2) is 11.5 Å². The summed E-state index contributed by atoms with van der Waals surface area (Å²) in [6.07, 6.45) is 1.61. The lowest BCUT2D eigenvalue weighted by molar-refractivity contribution is -0.113. The quantitative estimate of drug-likeness (QED) is 0.225. The maximum absolute atomic E-state index is 12.9. The third kappa shape index (κ3) is 5.15. The van der Waals surface area contributed by atoms with E-state index in [4.69, 9.17) is 21.1 Å². The van der Waals surface area contributed by atoms with Crippen molar-refractivity contribution in [1.82, 2.24) is 5.32 Å². The molecule has 1 heterocycles. The van der Waals surface area contributed by atoms with E-state index in [1.54, 1.807) is 43.5 Å². The van der Waals surface area contributed by atoms with Gasteiger partial charge in [-0.3, -0.25) is 4.79 Å². The van der Waals surface area contributed by atoms with E-state index < -0.39 is 11.9 Å². The number of hydrogen-bond acceptors (Lipinski definition) is 4. The van der Waals surface area contributed by atoms with E-state index in [1.807, 2.05) is 37.3 Å². The fourth-order valence-electron chi connectivity index (χ4n) is 3.35. The Morgan fingerprint density at radius 3 is 2.55 bits per heavy atom. The molecule has 0 saturated carbocycles. The Labute approximate surface area is 210 Å². The third-order valence-electron chi connectivity index (χ3n) is 5.01. The zero-order valence-electron chi connectivity index (χ0n) is 17.9. The minimum absolute atomic E-state index is 0.158. The van der Waals surface area contributed by atoms with Crippen LogP contribution >= 0.6 is 34.2 Å². The number of carbonyl (C=O) groups is 2. The van der Waals surface area contributed by atoms with E-state index in [2.05, 4.69) is 27.9 Å². The van der Waals surface area contributed by atoms with E-state index in [0.717, 1.165) is 14.0 Å². The molecule has 0 aromatic heterocycles. The molecule has 4 rings (SSSR count). The summed E-state index contributed by atoms with van der Waals surface area (Å²) < 4.78 is 12.4. The molecule has 3 amide bonds. The van der Waals surface area contributed by atoms with Crippen molar-refractivity contribution < 1.29 is 19.1 Å². The summed E-state index contributed by atoms with van der Waals surface area (Å²) in [7, 11) is 1.56. The first-order valence-electron chi connectivity index (χ1n) is 10.0. The summed E-state index contributed by atoms with van der Waals surface area (Å²) in [5.41, 5.74) is 3.48.